The number of morpholine rings is 1. The Bertz CT molecular complexity index is 2060. The molecule has 0 N–H and O–H groups in total. The van der Waals surface area contributed by atoms with Gasteiger partial charge in [0.25, 0.3) is 5.79 Å². The molecule has 0 bridgehead atoms. The highest BCUT2D eigenvalue weighted by Gasteiger charge is 2.58. The first kappa shape index (κ1) is 36.6. The highest BCUT2D eigenvalue weighted by atomic mass is 16.7. The number of carbonyl (C=O) groups is 4. The van der Waals surface area contributed by atoms with Gasteiger partial charge < -0.3 is 23.9 Å². The van der Waals surface area contributed by atoms with Gasteiger partial charge in [0.1, 0.15) is 56.2 Å². The highest BCUT2D eigenvalue weighted by Crippen LogP contribution is 2.36. The number of ketones is 1. The Morgan fingerprint density at radius 2 is 1.35 bits per heavy atom. The van der Waals surface area contributed by atoms with Crippen molar-refractivity contribution in [1.29, 1.82) is 0 Å². The van der Waals surface area contributed by atoms with E-state index in [2.05, 4.69) is 4.90 Å². The number of aldehydes is 2. The van der Waals surface area contributed by atoms with Gasteiger partial charge in [0, 0.05) is 16.8 Å². The van der Waals surface area contributed by atoms with Crippen molar-refractivity contribution >= 4 is 30.0 Å². The van der Waals surface area contributed by atoms with Crippen LogP contribution in [-0.2, 0) is 27.5 Å². The Labute approximate surface area is 314 Å². The molecule has 0 aliphatic carbocycles. The predicted molar refractivity (Wildman–Crippen MR) is 203 cm³/mol. The Morgan fingerprint density at radius 3 is 1.96 bits per heavy atom. The smallest absolute Gasteiger partial charge is 0.369 e. The summed E-state index contributed by atoms with van der Waals surface area (Å²) in [7, 11) is 0. The molecule has 10 heteroatoms. The number of ether oxygens (including phenoxy) is 3. The normalized spacial score (nSPS) is 19.8. The van der Waals surface area contributed by atoms with Gasteiger partial charge >= 0.3 is 5.91 Å². The molecular formula is C44H42N3O7+. The zero-order valence-corrected chi connectivity index (χ0v) is 29.9. The lowest BCUT2D eigenvalue weighted by Gasteiger charge is -2.53. The van der Waals surface area contributed by atoms with Gasteiger partial charge in [0.15, 0.2) is 0 Å². The van der Waals surface area contributed by atoms with Crippen molar-refractivity contribution < 1.29 is 38.0 Å². The first-order valence-electron chi connectivity index (χ1n) is 18.1. The summed E-state index contributed by atoms with van der Waals surface area (Å²) in [5.41, 5.74) is 3.62. The Morgan fingerprint density at radius 1 is 0.759 bits per heavy atom. The summed E-state index contributed by atoms with van der Waals surface area (Å²) < 4.78 is 18.8. The Balaban J connectivity index is 1.31. The number of hydrogen-bond donors (Lipinski definition) is 0. The number of Topliss-reactive ketones (excluding diaryl/α,β-unsaturated/α-hetero) is 1. The number of benzene rings is 5. The molecule has 0 spiro atoms. The van der Waals surface area contributed by atoms with Crippen LogP contribution < -0.4 is 9.64 Å². The third-order valence-corrected chi connectivity index (χ3v) is 10.2. The molecule has 0 aromatic heterocycles. The van der Waals surface area contributed by atoms with E-state index in [-0.39, 0.29) is 55.5 Å². The lowest BCUT2D eigenvalue weighted by molar-refractivity contribution is -0.971. The van der Waals surface area contributed by atoms with E-state index in [1.165, 1.54) is 0 Å². The van der Waals surface area contributed by atoms with E-state index in [1.54, 1.807) is 47.5 Å². The van der Waals surface area contributed by atoms with Gasteiger partial charge in [-0.1, -0.05) is 109 Å². The van der Waals surface area contributed by atoms with Crippen LogP contribution in [-0.4, -0.2) is 85.0 Å². The first-order valence-corrected chi connectivity index (χ1v) is 18.1. The molecule has 2 aliphatic rings. The summed E-state index contributed by atoms with van der Waals surface area (Å²) in [5.74, 6) is -2.35. The van der Waals surface area contributed by atoms with Crippen molar-refractivity contribution in [2.24, 2.45) is 0 Å². The number of para-hydroxylation sites is 1. The van der Waals surface area contributed by atoms with Gasteiger partial charge in [0.2, 0.25) is 5.78 Å². The monoisotopic (exact) mass is 724 g/mol. The average Bonchev–Trinajstić information content (AvgIpc) is 3.25. The molecule has 0 radical (unpaired) electrons. The maximum Gasteiger partial charge on any atom is 0.369 e. The fourth-order valence-corrected chi connectivity index (χ4v) is 7.23. The van der Waals surface area contributed by atoms with Gasteiger partial charge in [-0.2, -0.15) is 4.59 Å². The van der Waals surface area contributed by atoms with Crippen LogP contribution in [0, 0.1) is 0 Å². The standard InChI is InChI=1S/C44H42N3O7/c48-28-36-21-22-41(52-30-34-13-5-1-6-14-34)40(27-36)43(51)47(25-23-45(24-26-47)38-19-11-4-12-20-38)46-33-44(54-32-39(46)29-49,42(50)37-17-9-3-10-18-37)53-31-35-15-7-2-8-16-35/h1-22,27-29,39H,23-26,30-33H2/q+1. The van der Waals surface area contributed by atoms with Crippen LogP contribution in [0.2, 0.25) is 0 Å². The van der Waals surface area contributed by atoms with Gasteiger partial charge in [-0.3, -0.25) is 9.59 Å². The summed E-state index contributed by atoms with van der Waals surface area (Å²) in [6, 6.07) is 41.6. The number of piperazine rings is 1. The van der Waals surface area contributed by atoms with E-state index in [0.717, 1.165) is 23.1 Å². The molecule has 5 aromatic rings. The molecule has 2 saturated heterocycles. The van der Waals surface area contributed by atoms with E-state index in [4.69, 9.17) is 14.2 Å². The van der Waals surface area contributed by atoms with Crippen LogP contribution in [0.4, 0.5) is 5.69 Å². The molecule has 7 rings (SSSR count). The number of rotatable bonds is 13. The van der Waals surface area contributed by atoms with E-state index in [1.807, 2.05) is 97.1 Å². The summed E-state index contributed by atoms with van der Waals surface area (Å²) >= 11 is 0. The average molecular weight is 725 g/mol. The van der Waals surface area contributed by atoms with Gasteiger partial charge in [-0.25, -0.2) is 4.79 Å². The number of amides is 1. The quantitative estimate of drug-likeness (QED) is 0.0802. The zero-order chi connectivity index (χ0) is 37.4. The fourth-order valence-electron chi connectivity index (χ4n) is 7.23. The molecule has 0 saturated carbocycles. The Hall–Kier alpha value is -5.78. The lowest BCUT2D eigenvalue weighted by atomic mass is 9.99. The van der Waals surface area contributed by atoms with Crippen LogP contribution in [0.15, 0.2) is 140 Å². The summed E-state index contributed by atoms with van der Waals surface area (Å²) in [5, 5.41) is 1.77. The second kappa shape index (κ2) is 16.5. The predicted octanol–water partition coefficient (Wildman–Crippen LogP) is 6.17. The van der Waals surface area contributed by atoms with E-state index < -0.39 is 17.6 Å². The SMILES string of the molecule is O=Cc1ccc(OCc2ccccc2)c(C(=O)[N+]2(N3CC(OCc4ccccc4)(C(=O)c4ccccc4)OCC3C=O)CCN(c3ccccc3)CC2)c1. The van der Waals surface area contributed by atoms with Crippen molar-refractivity contribution in [2.75, 3.05) is 44.2 Å². The van der Waals surface area contributed by atoms with Crippen molar-refractivity contribution in [3.05, 3.63) is 167 Å². The second-order valence-corrected chi connectivity index (χ2v) is 13.5. The second-order valence-electron chi connectivity index (χ2n) is 13.5. The molecule has 54 heavy (non-hydrogen) atoms. The fraction of sp³-hybridized carbons (Fsp3) is 0.227. The van der Waals surface area contributed by atoms with E-state index >= 15 is 4.79 Å². The zero-order valence-electron chi connectivity index (χ0n) is 29.9. The third-order valence-electron chi connectivity index (χ3n) is 10.2. The van der Waals surface area contributed by atoms with Crippen LogP contribution >= 0.6 is 0 Å². The molecular weight excluding hydrogens is 682 g/mol. The largest absolute Gasteiger partial charge is 0.488 e. The van der Waals surface area contributed by atoms with Crippen molar-refractivity contribution in [3.8, 4) is 5.75 Å². The van der Waals surface area contributed by atoms with Crippen LogP contribution in [0.25, 0.3) is 0 Å². The van der Waals surface area contributed by atoms with Crippen molar-refractivity contribution in [1.82, 2.24) is 5.01 Å². The topological polar surface area (TPSA) is 102 Å². The van der Waals surface area contributed by atoms with Crippen LogP contribution in [0.5, 0.6) is 5.75 Å². The maximum absolute atomic E-state index is 15.5. The number of carbonyl (C=O) groups excluding carboxylic acids is 4. The maximum atomic E-state index is 15.5. The molecule has 2 aliphatic heterocycles. The number of hydrogen-bond acceptors (Lipinski definition) is 9. The minimum atomic E-state index is -1.86. The minimum absolute atomic E-state index is 0.0492. The van der Waals surface area contributed by atoms with Gasteiger partial charge in [0.05, 0.1) is 26.3 Å². The molecule has 10 nitrogen and oxygen atoms in total. The molecule has 2 heterocycles. The van der Waals surface area contributed by atoms with E-state index in [9.17, 15) is 14.4 Å². The molecule has 274 valence electrons. The minimum Gasteiger partial charge on any atom is -0.488 e. The lowest BCUT2D eigenvalue weighted by Crippen LogP contribution is -2.77. The summed E-state index contributed by atoms with van der Waals surface area (Å²) in [4.78, 5) is 57.4. The summed E-state index contributed by atoms with van der Waals surface area (Å²) in [6.07, 6.45) is 1.46. The number of anilines is 1. The van der Waals surface area contributed by atoms with Crippen LogP contribution in [0.3, 0.4) is 0 Å². The molecule has 2 fully saturated rings. The first-order chi connectivity index (χ1) is 26.4. The molecule has 2 atom stereocenters. The number of nitrogens with zero attached hydrogens (tertiary/aromatic N) is 3. The van der Waals surface area contributed by atoms with Crippen molar-refractivity contribution in [3.63, 3.8) is 0 Å². The van der Waals surface area contributed by atoms with E-state index in [0.29, 0.717) is 36.3 Å². The number of quaternary nitrogens is 1. The van der Waals surface area contributed by atoms with Gasteiger partial charge in [-0.05, 0) is 41.5 Å². The Kier molecular flexibility index (Phi) is 11.2. The van der Waals surface area contributed by atoms with Gasteiger partial charge in [-0.15, -0.1) is 5.01 Å². The third kappa shape index (κ3) is 7.64. The van der Waals surface area contributed by atoms with Crippen LogP contribution in [0.1, 0.15) is 42.2 Å². The highest BCUT2D eigenvalue weighted by molar-refractivity contribution is 6.02. The van der Waals surface area contributed by atoms with Crippen molar-refractivity contribution in [2.45, 2.75) is 25.0 Å². The molecule has 1 amide bonds. The summed E-state index contributed by atoms with van der Waals surface area (Å²) in [6.45, 7) is 1.23. The molecule has 5 aromatic carbocycles. The molecule has 2 unspecified atom stereocenters.